The molecule has 148 valence electrons. The fourth-order valence-corrected chi connectivity index (χ4v) is 3.60. The normalized spacial score (nSPS) is 18.9. The van der Waals surface area contributed by atoms with Crippen LogP contribution in [0.1, 0.15) is 23.6 Å². The summed E-state index contributed by atoms with van der Waals surface area (Å²) >= 11 is 0. The number of hydrogen-bond acceptors (Lipinski definition) is 5. The SMILES string of the molecule is COc1ccc([C@@]2(C)NC(=O)N(Cc3cc(=O)oc4cc(C)ccc34)C2=O)cc1. The van der Waals surface area contributed by atoms with Crippen molar-refractivity contribution >= 4 is 22.9 Å². The average Bonchev–Trinajstić information content (AvgIpc) is 2.91. The molecular weight excluding hydrogens is 372 g/mol. The molecular formula is C22H20N2O5. The van der Waals surface area contributed by atoms with Gasteiger partial charge in [-0.15, -0.1) is 0 Å². The van der Waals surface area contributed by atoms with E-state index in [1.54, 1.807) is 44.4 Å². The van der Waals surface area contributed by atoms with Crippen LogP contribution in [0.15, 0.2) is 57.7 Å². The Bertz CT molecular complexity index is 1180. The second-order valence-corrected chi connectivity index (χ2v) is 7.27. The van der Waals surface area contributed by atoms with Crippen molar-refractivity contribution in [2.75, 3.05) is 7.11 Å². The zero-order chi connectivity index (χ0) is 20.8. The van der Waals surface area contributed by atoms with Crippen molar-refractivity contribution in [3.8, 4) is 5.75 Å². The molecule has 7 nitrogen and oxygen atoms in total. The van der Waals surface area contributed by atoms with Gasteiger partial charge in [0, 0.05) is 11.5 Å². The minimum Gasteiger partial charge on any atom is -0.497 e. The summed E-state index contributed by atoms with van der Waals surface area (Å²) in [6.07, 6.45) is 0. The van der Waals surface area contributed by atoms with Crippen LogP contribution in [0.25, 0.3) is 11.0 Å². The molecule has 1 aliphatic rings. The Morgan fingerprint density at radius 1 is 1.07 bits per heavy atom. The maximum Gasteiger partial charge on any atom is 0.336 e. The van der Waals surface area contributed by atoms with Crippen LogP contribution < -0.4 is 15.7 Å². The molecule has 29 heavy (non-hydrogen) atoms. The number of benzene rings is 2. The molecule has 0 spiro atoms. The fourth-order valence-electron chi connectivity index (χ4n) is 3.60. The summed E-state index contributed by atoms with van der Waals surface area (Å²) in [5, 5.41) is 3.46. The van der Waals surface area contributed by atoms with E-state index in [-0.39, 0.29) is 12.5 Å². The minimum atomic E-state index is -1.20. The Balaban J connectivity index is 1.70. The number of nitrogens with zero attached hydrogens (tertiary/aromatic N) is 1. The van der Waals surface area contributed by atoms with Gasteiger partial charge < -0.3 is 14.5 Å². The lowest BCUT2D eigenvalue weighted by molar-refractivity contribution is -0.131. The summed E-state index contributed by atoms with van der Waals surface area (Å²) in [4.78, 5) is 38.9. The summed E-state index contributed by atoms with van der Waals surface area (Å²) < 4.78 is 10.4. The minimum absolute atomic E-state index is 0.0262. The lowest BCUT2D eigenvalue weighted by Crippen LogP contribution is -2.40. The number of hydrogen-bond donors (Lipinski definition) is 1. The van der Waals surface area contributed by atoms with Gasteiger partial charge >= 0.3 is 11.7 Å². The van der Waals surface area contributed by atoms with Crippen molar-refractivity contribution in [1.29, 1.82) is 0 Å². The van der Waals surface area contributed by atoms with E-state index in [0.717, 1.165) is 10.5 Å². The molecule has 1 aliphatic heterocycles. The van der Waals surface area contributed by atoms with E-state index in [0.29, 0.717) is 27.8 Å². The number of methoxy groups -OCH3 is 1. The molecule has 4 rings (SSSR count). The maximum absolute atomic E-state index is 13.2. The van der Waals surface area contributed by atoms with Gasteiger partial charge in [0.25, 0.3) is 5.91 Å². The first-order valence-corrected chi connectivity index (χ1v) is 9.14. The smallest absolute Gasteiger partial charge is 0.336 e. The second-order valence-electron chi connectivity index (χ2n) is 7.27. The number of nitrogens with one attached hydrogen (secondary N) is 1. The predicted octanol–water partition coefficient (Wildman–Crippen LogP) is 3.08. The van der Waals surface area contributed by atoms with E-state index >= 15 is 0 Å². The number of carbonyl (C=O) groups excluding carboxylic acids is 2. The highest BCUT2D eigenvalue weighted by Crippen LogP contribution is 2.31. The number of amides is 3. The molecule has 0 aliphatic carbocycles. The number of aryl methyl sites for hydroxylation is 1. The van der Waals surface area contributed by atoms with E-state index < -0.39 is 17.2 Å². The van der Waals surface area contributed by atoms with Crippen LogP contribution in [-0.2, 0) is 16.9 Å². The van der Waals surface area contributed by atoms with Gasteiger partial charge in [-0.1, -0.05) is 24.3 Å². The Labute approximate surface area is 166 Å². The molecule has 1 aromatic heterocycles. The van der Waals surface area contributed by atoms with Crippen molar-refractivity contribution in [1.82, 2.24) is 10.2 Å². The first-order chi connectivity index (χ1) is 13.8. The Morgan fingerprint density at radius 3 is 2.48 bits per heavy atom. The van der Waals surface area contributed by atoms with E-state index in [1.165, 1.54) is 6.07 Å². The first-order valence-electron chi connectivity index (χ1n) is 9.14. The molecule has 3 aromatic rings. The van der Waals surface area contributed by atoms with Crippen LogP contribution in [0.4, 0.5) is 4.79 Å². The third-order valence-electron chi connectivity index (χ3n) is 5.26. The molecule has 0 radical (unpaired) electrons. The second kappa shape index (κ2) is 6.77. The van der Waals surface area contributed by atoms with Gasteiger partial charge in [0.05, 0.1) is 13.7 Å². The summed E-state index contributed by atoms with van der Waals surface area (Å²) in [7, 11) is 1.56. The molecule has 1 saturated heterocycles. The van der Waals surface area contributed by atoms with Gasteiger partial charge in [0.2, 0.25) is 0 Å². The Hall–Kier alpha value is -3.61. The molecule has 2 aromatic carbocycles. The molecule has 7 heteroatoms. The van der Waals surface area contributed by atoms with Crippen molar-refractivity contribution in [3.63, 3.8) is 0 Å². The number of urea groups is 1. The van der Waals surface area contributed by atoms with Gasteiger partial charge in [-0.05, 0) is 48.7 Å². The third-order valence-corrected chi connectivity index (χ3v) is 5.26. The van der Waals surface area contributed by atoms with E-state index in [9.17, 15) is 14.4 Å². The average molecular weight is 392 g/mol. The predicted molar refractivity (Wildman–Crippen MR) is 107 cm³/mol. The van der Waals surface area contributed by atoms with E-state index in [2.05, 4.69) is 5.32 Å². The van der Waals surface area contributed by atoms with Crippen LogP contribution >= 0.6 is 0 Å². The third kappa shape index (κ3) is 3.14. The fraction of sp³-hybridized carbons (Fsp3) is 0.227. The molecule has 0 unspecified atom stereocenters. The summed E-state index contributed by atoms with van der Waals surface area (Å²) in [5.74, 6) is 0.268. The molecule has 1 atom stereocenters. The van der Waals surface area contributed by atoms with Gasteiger partial charge in [-0.2, -0.15) is 0 Å². The number of ether oxygens (including phenoxy) is 1. The van der Waals surface area contributed by atoms with Crippen molar-refractivity contribution in [2.45, 2.75) is 25.9 Å². The highest BCUT2D eigenvalue weighted by molar-refractivity contribution is 6.07. The standard InChI is InChI=1S/C22H20N2O5/c1-13-4-9-17-14(11-19(25)29-18(17)10-13)12-24-20(26)22(2,23-21(24)27)15-5-7-16(28-3)8-6-15/h4-11H,12H2,1-3H3,(H,23,27)/t22-/m1/s1. The van der Waals surface area contributed by atoms with Gasteiger partial charge in [-0.25, -0.2) is 9.59 Å². The Morgan fingerprint density at radius 2 is 1.79 bits per heavy atom. The van der Waals surface area contributed by atoms with Gasteiger partial charge in [-0.3, -0.25) is 9.69 Å². The van der Waals surface area contributed by atoms with E-state index in [4.69, 9.17) is 9.15 Å². The number of carbonyl (C=O) groups is 2. The van der Waals surface area contributed by atoms with Gasteiger partial charge in [0.1, 0.15) is 16.9 Å². The number of rotatable bonds is 4. The highest BCUT2D eigenvalue weighted by atomic mass is 16.5. The van der Waals surface area contributed by atoms with Crippen molar-refractivity contribution in [3.05, 3.63) is 75.6 Å². The van der Waals surface area contributed by atoms with Crippen molar-refractivity contribution in [2.24, 2.45) is 0 Å². The zero-order valence-corrected chi connectivity index (χ0v) is 16.3. The summed E-state index contributed by atoms with van der Waals surface area (Å²) in [5.41, 5.74) is 0.848. The number of fused-ring (bicyclic) bond motifs is 1. The molecule has 2 heterocycles. The van der Waals surface area contributed by atoms with Crippen LogP contribution in [0.5, 0.6) is 5.75 Å². The van der Waals surface area contributed by atoms with Crippen LogP contribution in [0.3, 0.4) is 0 Å². The summed E-state index contributed by atoms with van der Waals surface area (Å²) in [6.45, 7) is 3.53. The van der Waals surface area contributed by atoms with Gasteiger partial charge in [0.15, 0.2) is 0 Å². The quantitative estimate of drug-likeness (QED) is 0.544. The highest BCUT2D eigenvalue weighted by Gasteiger charge is 2.49. The number of imide groups is 1. The maximum atomic E-state index is 13.2. The monoisotopic (exact) mass is 392 g/mol. The van der Waals surface area contributed by atoms with Crippen LogP contribution in [0, 0.1) is 6.92 Å². The molecule has 1 N–H and O–H groups in total. The van der Waals surface area contributed by atoms with Crippen molar-refractivity contribution < 1.29 is 18.7 Å². The van der Waals surface area contributed by atoms with Crippen LogP contribution in [-0.4, -0.2) is 23.9 Å². The zero-order valence-electron chi connectivity index (χ0n) is 16.3. The summed E-state index contributed by atoms with van der Waals surface area (Å²) in [6, 6.07) is 13.2. The lowest BCUT2D eigenvalue weighted by atomic mass is 9.92. The largest absolute Gasteiger partial charge is 0.497 e. The first kappa shape index (κ1) is 18.7. The molecule has 0 bridgehead atoms. The topological polar surface area (TPSA) is 88.8 Å². The Kier molecular flexibility index (Phi) is 4.38. The van der Waals surface area contributed by atoms with E-state index in [1.807, 2.05) is 19.1 Å². The molecule has 1 fully saturated rings. The molecule has 3 amide bonds. The lowest BCUT2D eigenvalue weighted by Gasteiger charge is -2.22. The molecule has 0 saturated carbocycles. The van der Waals surface area contributed by atoms with Crippen LogP contribution in [0.2, 0.25) is 0 Å².